The van der Waals surface area contributed by atoms with E-state index in [1.807, 2.05) is 23.1 Å². The van der Waals surface area contributed by atoms with Crippen molar-refractivity contribution in [3.05, 3.63) is 59.7 Å². The number of piperidine rings is 1. The molecule has 6 heteroatoms. The van der Waals surface area contributed by atoms with Crippen molar-refractivity contribution < 1.29 is 13.2 Å². The summed E-state index contributed by atoms with van der Waals surface area (Å²) in [4.78, 5) is 15.0. The third kappa shape index (κ3) is 3.84. The van der Waals surface area contributed by atoms with E-state index in [1.165, 1.54) is 5.56 Å². The summed E-state index contributed by atoms with van der Waals surface area (Å²) in [6.45, 7) is 1.92. The van der Waals surface area contributed by atoms with Crippen LogP contribution in [0.1, 0.15) is 36.8 Å². The summed E-state index contributed by atoms with van der Waals surface area (Å²) in [7, 11) is -3.43. The number of rotatable bonds is 4. The molecular formula is C22H26N2O3S. The minimum absolute atomic E-state index is 0.0544. The third-order valence-corrected chi connectivity index (χ3v) is 7.56. The van der Waals surface area contributed by atoms with Crippen molar-refractivity contribution in [1.82, 2.24) is 4.31 Å². The molecule has 28 heavy (non-hydrogen) atoms. The summed E-state index contributed by atoms with van der Waals surface area (Å²) in [5.41, 5.74) is 3.05. The molecule has 2 aromatic rings. The first-order valence-electron chi connectivity index (χ1n) is 10.0. The van der Waals surface area contributed by atoms with Gasteiger partial charge in [0.2, 0.25) is 15.9 Å². The summed E-state index contributed by atoms with van der Waals surface area (Å²) >= 11 is 0. The Morgan fingerprint density at radius 3 is 2.32 bits per heavy atom. The number of anilines is 1. The highest BCUT2D eigenvalue weighted by molar-refractivity contribution is 7.89. The number of aryl methyl sites for hydroxylation is 1. The van der Waals surface area contributed by atoms with E-state index in [0.29, 0.717) is 18.0 Å². The second-order valence-electron chi connectivity index (χ2n) is 7.56. The van der Waals surface area contributed by atoms with Gasteiger partial charge in [-0.15, -0.1) is 0 Å². The number of nitrogens with zero attached hydrogens (tertiary/aromatic N) is 2. The van der Waals surface area contributed by atoms with Crippen LogP contribution in [0.5, 0.6) is 0 Å². The highest BCUT2D eigenvalue weighted by Gasteiger charge is 2.26. The predicted molar refractivity (Wildman–Crippen MR) is 110 cm³/mol. The number of sulfonamides is 1. The van der Waals surface area contributed by atoms with Crippen LogP contribution >= 0.6 is 0 Å². The zero-order valence-corrected chi connectivity index (χ0v) is 16.8. The van der Waals surface area contributed by atoms with Crippen LogP contribution in [0.2, 0.25) is 0 Å². The molecule has 1 saturated heterocycles. The highest BCUT2D eigenvalue weighted by atomic mass is 32.2. The van der Waals surface area contributed by atoms with Gasteiger partial charge in [-0.25, -0.2) is 8.42 Å². The van der Waals surface area contributed by atoms with Gasteiger partial charge in [-0.1, -0.05) is 36.8 Å². The Hall–Kier alpha value is -2.18. The molecule has 0 unspecified atom stereocenters. The monoisotopic (exact) mass is 398 g/mol. The van der Waals surface area contributed by atoms with Crippen LogP contribution in [-0.4, -0.2) is 38.3 Å². The lowest BCUT2D eigenvalue weighted by molar-refractivity contribution is -0.118. The Morgan fingerprint density at radius 2 is 1.57 bits per heavy atom. The van der Waals surface area contributed by atoms with Gasteiger partial charge in [-0.2, -0.15) is 4.31 Å². The lowest BCUT2D eigenvalue weighted by Crippen LogP contribution is -2.36. The molecule has 5 nitrogen and oxygen atoms in total. The fraction of sp³-hybridized carbons (Fsp3) is 0.409. The van der Waals surface area contributed by atoms with Crippen molar-refractivity contribution in [2.45, 2.75) is 43.4 Å². The molecule has 2 aromatic carbocycles. The molecule has 0 bridgehead atoms. The molecule has 2 aliphatic heterocycles. The summed E-state index contributed by atoms with van der Waals surface area (Å²) in [5, 5.41) is 0. The first-order valence-corrected chi connectivity index (χ1v) is 11.5. The molecule has 0 aliphatic carbocycles. The zero-order chi connectivity index (χ0) is 19.6. The number of benzene rings is 2. The molecule has 1 amide bonds. The van der Waals surface area contributed by atoms with Crippen molar-refractivity contribution in [3.8, 4) is 0 Å². The van der Waals surface area contributed by atoms with Gasteiger partial charge in [0, 0.05) is 25.3 Å². The van der Waals surface area contributed by atoms with E-state index >= 15 is 0 Å². The number of para-hydroxylation sites is 1. The molecule has 4 rings (SSSR count). The average molecular weight is 399 g/mol. The molecule has 0 radical (unpaired) electrons. The summed E-state index contributed by atoms with van der Waals surface area (Å²) in [6.07, 6.45) is 5.18. The van der Waals surface area contributed by atoms with Crippen LogP contribution < -0.4 is 4.90 Å². The Morgan fingerprint density at radius 1 is 0.857 bits per heavy atom. The van der Waals surface area contributed by atoms with Gasteiger partial charge in [0.25, 0.3) is 0 Å². The van der Waals surface area contributed by atoms with E-state index in [0.717, 1.165) is 49.9 Å². The fourth-order valence-corrected chi connectivity index (χ4v) is 5.61. The van der Waals surface area contributed by atoms with E-state index in [4.69, 9.17) is 0 Å². The predicted octanol–water partition coefficient (Wildman–Crippen LogP) is 3.38. The second-order valence-corrected chi connectivity index (χ2v) is 9.50. The average Bonchev–Trinajstić information content (AvgIpc) is 2.74. The normalized spacial score (nSPS) is 17.9. The maximum absolute atomic E-state index is 12.9. The molecule has 148 valence electrons. The van der Waals surface area contributed by atoms with Crippen LogP contribution in [-0.2, 0) is 27.7 Å². The SMILES string of the molecule is O=C(Cc1ccc(S(=O)(=O)N2CCCCC2)cc1)N1CCCc2ccccc21. The van der Waals surface area contributed by atoms with Gasteiger partial charge >= 0.3 is 0 Å². The highest BCUT2D eigenvalue weighted by Crippen LogP contribution is 2.27. The van der Waals surface area contributed by atoms with E-state index < -0.39 is 10.0 Å². The van der Waals surface area contributed by atoms with E-state index in [1.54, 1.807) is 28.6 Å². The van der Waals surface area contributed by atoms with Crippen molar-refractivity contribution >= 4 is 21.6 Å². The van der Waals surface area contributed by atoms with Crippen LogP contribution in [0.3, 0.4) is 0 Å². The Labute approximate surface area is 167 Å². The number of hydrogen-bond donors (Lipinski definition) is 0. The Bertz CT molecular complexity index is 948. The van der Waals surface area contributed by atoms with Gasteiger partial charge < -0.3 is 4.90 Å². The maximum Gasteiger partial charge on any atom is 0.243 e. The molecule has 1 fully saturated rings. The molecule has 0 atom stereocenters. The van der Waals surface area contributed by atoms with E-state index in [9.17, 15) is 13.2 Å². The van der Waals surface area contributed by atoms with Crippen molar-refractivity contribution in [2.75, 3.05) is 24.5 Å². The largest absolute Gasteiger partial charge is 0.312 e. The Kier molecular flexibility index (Phi) is 5.51. The lowest BCUT2D eigenvalue weighted by atomic mass is 10.0. The maximum atomic E-state index is 12.9. The molecule has 0 aromatic heterocycles. The van der Waals surface area contributed by atoms with Crippen LogP contribution in [0.25, 0.3) is 0 Å². The number of hydrogen-bond acceptors (Lipinski definition) is 3. The third-order valence-electron chi connectivity index (χ3n) is 5.64. The summed E-state index contributed by atoms with van der Waals surface area (Å²) in [5.74, 6) is 0.0544. The molecule has 0 saturated carbocycles. The van der Waals surface area contributed by atoms with Gasteiger partial charge in [-0.3, -0.25) is 4.79 Å². The van der Waals surface area contributed by atoms with Crippen LogP contribution in [0, 0.1) is 0 Å². The molecule has 0 spiro atoms. The minimum Gasteiger partial charge on any atom is -0.312 e. The zero-order valence-electron chi connectivity index (χ0n) is 16.0. The van der Waals surface area contributed by atoms with Gasteiger partial charge in [0.15, 0.2) is 0 Å². The first-order chi connectivity index (χ1) is 13.6. The Balaban J connectivity index is 1.47. The van der Waals surface area contributed by atoms with Crippen molar-refractivity contribution in [3.63, 3.8) is 0 Å². The van der Waals surface area contributed by atoms with Crippen molar-refractivity contribution in [2.24, 2.45) is 0 Å². The van der Waals surface area contributed by atoms with Gasteiger partial charge in [-0.05, 0) is 55.0 Å². The standard InChI is InChI=1S/C22H26N2O3S/c25-22(24-16-6-8-19-7-2-3-9-21(19)24)17-18-10-12-20(13-11-18)28(26,27)23-14-4-1-5-15-23/h2-3,7,9-13H,1,4-6,8,14-17H2. The van der Waals surface area contributed by atoms with Crippen molar-refractivity contribution in [1.29, 1.82) is 0 Å². The van der Waals surface area contributed by atoms with E-state index in [-0.39, 0.29) is 12.3 Å². The summed E-state index contributed by atoms with van der Waals surface area (Å²) in [6, 6.07) is 14.9. The van der Waals surface area contributed by atoms with Gasteiger partial charge in [0.05, 0.1) is 11.3 Å². The smallest absolute Gasteiger partial charge is 0.243 e. The second kappa shape index (κ2) is 8.05. The number of carbonyl (C=O) groups excluding carboxylic acids is 1. The minimum atomic E-state index is -3.43. The molecule has 2 aliphatic rings. The molecular weight excluding hydrogens is 372 g/mol. The topological polar surface area (TPSA) is 57.7 Å². The lowest BCUT2D eigenvalue weighted by Gasteiger charge is -2.29. The number of amides is 1. The van der Waals surface area contributed by atoms with Gasteiger partial charge in [0.1, 0.15) is 0 Å². The van der Waals surface area contributed by atoms with Crippen LogP contribution in [0.4, 0.5) is 5.69 Å². The van der Waals surface area contributed by atoms with Crippen LogP contribution in [0.15, 0.2) is 53.4 Å². The molecule has 0 N–H and O–H groups in total. The quantitative estimate of drug-likeness (QED) is 0.793. The van der Waals surface area contributed by atoms with E-state index in [2.05, 4.69) is 6.07 Å². The fourth-order valence-electron chi connectivity index (χ4n) is 4.10. The number of carbonyl (C=O) groups is 1. The molecule has 2 heterocycles. The first kappa shape index (κ1) is 19.2. The summed E-state index contributed by atoms with van der Waals surface area (Å²) < 4.78 is 27.1. The number of fused-ring (bicyclic) bond motifs is 1.